The molecular weight excluding hydrogens is 226 g/mol. The average Bonchev–Trinajstić information content (AvgIpc) is 2.37. The molecule has 0 saturated heterocycles. The van der Waals surface area contributed by atoms with Gasteiger partial charge in [0, 0.05) is 25.8 Å². The molecule has 0 fully saturated rings. The van der Waals surface area contributed by atoms with Crippen LogP contribution in [-0.2, 0) is 11.3 Å². The van der Waals surface area contributed by atoms with E-state index in [1.807, 2.05) is 6.08 Å². The highest BCUT2D eigenvalue weighted by Crippen LogP contribution is 2.23. The fourth-order valence-electron chi connectivity index (χ4n) is 1.70. The van der Waals surface area contributed by atoms with Crippen molar-refractivity contribution in [3.8, 4) is 5.75 Å². The third-order valence-electron chi connectivity index (χ3n) is 2.66. The molecule has 0 radical (unpaired) electrons. The molecule has 18 heavy (non-hydrogen) atoms. The van der Waals surface area contributed by atoms with E-state index in [9.17, 15) is 0 Å². The van der Waals surface area contributed by atoms with E-state index in [4.69, 9.17) is 9.47 Å². The van der Waals surface area contributed by atoms with Crippen molar-refractivity contribution in [1.82, 2.24) is 5.32 Å². The van der Waals surface area contributed by atoms with Crippen LogP contribution in [0, 0.1) is 6.92 Å². The zero-order valence-electron chi connectivity index (χ0n) is 11.4. The molecule has 3 heteroatoms. The maximum atomic E-state index is 5.82. The minimum atomic E-state index is 0.680. The maximum Gasteiger partial charge on any atom is 0.126 e. The number of hydrogen-bond acceptors (Lipinski definition) is 3. The molecule has 1 aromatic rings. The summed E-state index contributed by atoms with van der Waals surface area (Å²) in [6, 6.07) is 6.22. The Hall–Kier alpha value is -1.32. The molecule has 0 aliphatic rings. The van der Waals surface area contributed by atoms with Crippen molar-refractivity contribution in [3.63, 3.8) is 0 Å². The fraction of sp³-hybridized carbons (Fsp3) is 0.467. The number of nitrogens with one attached hydrogen (secondary N) is 1. The van der Waals surface area contributed by atoms with Crippen LogP contribution < -0.4 is 10.1 Å². The van der Waals surface area contributed by atoms with Gasteiger partial charge >= 0.3 is 0 Å². The third kappa shape index (κ3) is 4.90. The molecular formula is C15H23NO2. The summed E-state index contributed by atoms with van der Waals surface area (Å²) >= 11 is 0. The first-order chi connectivity index (χ1) is 8.79. The second kappa shape index (κ2) is 8.72. The van der Waals surface area contributed by atoms with Crippen molar-refractivity contribution < 1.29 is 9.47 Å². The van der Waals surface area contributed by atoms with E-state index >= 15 is 0 Å². The molecule has 3 nitrogen and oxygen atoms in total. The molecule has 0 aliphatic heterocycles. The van der Waals surface area contributed by atoms with Gasteiger partial charge in [-0.3, -0.25) is 0 Å². The van der Waals surface area contributed by atoms with E-state index in [0.717, 1.165) is 31.9 Å². The van der Waals surface area contributed by atoms with Crippen LogP contribution in [0.5, 0.6) is 5.75 Å². The minimum Gasteiger partial charge on any atom is -0.493 e. The largest absolute Gasteiger partial charge is 0.493 e. The highest BCUT2D eigenvalue weighted by atomic mass is 16.5. The van der Waals surface area contributed by atoms with Gasteiger partial charge in [0.05, 0.1) is 13.2 Å². The van der Waals surface area contributed by atoms with Crippen LogP contribution in [0.3, 0.4) is 0 Å². The van der Waals surface area contributed by atoms with Crippen LogP contribution in [0.25, 0.3) is 0 Å². The lowest BCUT2D eigenvalue weighted by atomic mass is 10.1. The quantitative estimate of drug-likeness (QED) is 0.539. The van der Waals surface area contributed by atoms with Crippen LogP contribution in [0.1, 0.15) is 17.5 Å². The van der Waals surface area contributed by atoms with Crippen molar-refractivity contribution >= 4 is 0 Å². The van der Waals surface area contributed by atoms with Gasteiger partial charge in [-0.2, -0.15) is 0 Å². The maximum absolute atomic E-state index is 5.82. The molecule has 0 aromatic heterocycles. The Morgan fingerprint density at radius 2 is 2.17 bits per heavy atom. The Bertz CT molecular complexity index is 364. The van der Waals surface area contributed by atoms with Gasteiger partial charge < -0.3 is 14.8 Å². The molecule has 1 rings (SSSR count). The highest BCUT2D eigenvalue weighted by Gasteiger charge is 2.06. The summed E-state index contributed by atoms with van der Waals surface area (Å²) in [5.41, 5.74) is 2.36. The van der Waals surface area contributed by atoms with Crippen molar-refractivity contribution in [3.05, 3.63) is 42.0 Å². The van der Waals surface area contributed by atoms with Crippen molar-refractivity contribution in [2.75, 3.05) is 26.9 Å². The number of benzene rings is 1. The number of ether oxygens (including phenoxy) is 2. The highest BCUT2D eigenvalue weighted by molar-refractivity contribution is 5.40. The molecule has 0 amide bonds. The predicted molar refractivity (Wildman–Crippen MR) is 75.1 cm³/mol. The molecule has 0 unspecified atom stereocenters. The van der Waals surface area contributed by atoms with E-state index in [2.05, 4.69) is 37.0 Å². The van der Waals surface area contributed by atoms with Crippen LogP contribution in [0.15, 0.2) is 30.9 Å². The topological polar surface area (TPSA) is 30.5 Å². The Labute approximate surface area is 110 Å². The SMILES string of the molecule is C=CCCOc1c(C)cccc1CNCCOC. The van der Waals surface area contributed by atoms with Crippen LogP contribution in [0.4, 0.5) is 0 Å². The van der Waals surface area contributed by atoms with E-state index in [-0.39, 0.29) is 0 Å². The van der Waals surface area contributed by atoms with Crippen LogP contribution in [0.2, 0.25) is 0 Å². The van der Waals surface area contributed by atoms with Gasteiger partial charge in [-0.15, -0.1) is 6.58 Å². The normalized spacial score (nSPS) is 10.3. The molecule has 1 N–H and O–H groups in total. The average molecular weight is 249 g/mol. The summed E-state index contributed by atoms with van der Waals surface area (Å²) < 4.78 is 10.8. The predicted octanol–water partition coefficient (Wildman–Crippen LogP) is 2.69. The first-order valence-electron chi connectivity index (χ1n) is 6.31. The molecule has 0 atom stereocenters. The van der Waals surface area contributed by atoms with Gasteiger partial charge in [-0.25, -0.2) is 0 Å². The van der Waals surface area contributed by atoms with Gasteiger partial charge in [-0.05, 0) is 18.9 Å². The number of para-hydroxylation sites is 1. The third-order valence-corrected chi connectivity index (χ3v) is 2.66. The standard InChI is InChI=1S/C15H23NO2/c1-4-5-10-18-15-13(2)7-6-8-14(15)12-16-9-11-17-3/h4,6-8,16H,1,5,9-12H2,2-3H3. The summed E-state index contributed by atoms with van der Waals surface area (Å²) in [7, 11) is 1.71. The zero-order valence-corrected chi connectivity index (χ0v) is 11.4. The van der Waals surface area contributed by atoms with Crippen LogP contribution in [-0.4, -0.2) is 26.9 Å². The number of hydrogen-bond donors (Lipinski definition) is 1. The molecule has 0 spiro atoms. The lowest BCUT2D eigenvalue weighted by Gasteiger charge is -2.14. The lowest BCUT2D eigenvalue weighted by molar-refractivity contribution is 0.199. The summed E-state index contributed by atoms with van der Waals surface area (Å²) in [4.78, 5) is 0. The number of rotatable bonds is 9. The van der Waals surface area contributed by atoms with Gasteiger partial charge in [0.2, 0.25) is 0 Å². The van der Waals surface area contributed by atoms with Gasteiger partial charge in [0.15, 0.2) is 0 Å². The first-order valence-corrected chi connectivity index (χ1v) is 6.31. The van der Waals surface area contributed by atoms with Gasteiger partial charge in [0.25, 0.3) is 0 Å². The van der Waals surface area contributed by atoms with Gasteiger partial charge in [0.1, 0.15) is 5.75 Å². The summed E-state index contributed by atoms with van der Waals surface area (Å²) in [6.45, 7) is 8.82. The Balaban J connectivity index is 2.58. The second-order valence-electron chi connectivity index (χ2n) is 4.16. The van der Waals surface area contributed by atoms with E-state index in [1.165, 1.54) is 11.1 Å². The number of aryl methyl sites for hydroxylation is 1. The van der Waals surface area contributed by atoms with Crippen molar-refractivity contribution in [1.29, 1.82) is 0 Å². The second-order valence-corrected chi connectivity index (χ2v) is 4.16. The monoisotopic (exact) mass is 249 g/mol. The smallest absolute Gasteiger partial charge is 0.126 e. The summed E-state index contributed by atoms with van der Waals surface area (Å²) in [5, 5.41) is 3.34. The molecule has 100 valence electrons. The fourth-order valence-corrected chi connectivity index (χ4v) is 1.70. The Morgan fingerprint density at radius 1 is 1.33 bits per heavy atom. The lowest BCUT2D eigenvalue weighted by Crippen LogP contribution is -2.19. The molecule has 0 aliphatic carbocycles. The van der Waals surface area contributed by atoms with Gasteiger partial charge in [-0.1, -0.05) is 24.3 Å². The summed E-state index contributed by atoms with van der Waals surface area (Å²) in [5.74, 6) is 0.990. The van der Waals surface area contributed by atoms with Crippen LogP contribution >= 0.6 is 0 Å². The summed E-state index contributed by atoms with van der Waals surface area (Å²) in [6.07, 6.45) is 2.74. The zero-order chi connectivity index (χ0) is 13.2. The van der Waals surface area contributed by atoms with Crippen molar-refractivity contribution in [2.45, 2.75) is 19.9 Å². The molecule has 0 heterocycles. The first kappa shape index (κ1) is 14.7. The van der Waals surface area contributed by atoms with E-state index < -0.39 is 0 Å². The van der Waals surface area contributed by atoms with E-state index in [1.54, 1.807) is 7.11 Å². The Morgan fingerprint density at radius 3 is 2.89 bits per heavy atom. The number of methoxy groups -OCH3 is 1. The molecule has 0 bridgehead atoms. The Kier molecular flexibility index (Phi) is 7.14. The molecule has 0 saturated carbocycles. The van der Waals surface area contributed by atoms with Crippen molar-refractivity contribution in [2.24, 2.45) is 0 Å². The molecule has 1 aromatic carbocycles. The minimum absolute atomic E-state index is 0.680. The van der Waals surface area contributed by atoms with E-state index in [0.29, 0.717) is 6.61 Å².